The van der Waals surface area contributed by atoms with Crippen LogP contribution >= 0.6 is 0 Å². The van der Waals surface area contributed by atoms with Gasteiger partial charge in [0.1, 0.15) is 0 Å². The fraction of sp³-hybridized carbons (Fsp3) is 0.533. The second-order valence-corrected chi connectivity index (χ2v) is 4.86. The molecule has 0 aliphatic rings. The minimum absolute atomic E-state index is 0.0147. The summed E-state index contributed by atoms with van der Waals surface area (Å²) < 4.78 is 0. The third kappa shape index (κ3) is 4.40. The molecule has 100 valence electrons. The van der Waals surface area contributed by atoms with E-state index in [9.17, 15) is 4.79 Å². The van der Waals surface area contributed by atoms with E-state index in [1.165, 1.54) is 0 Å². The highest BCUT2D eigenvalue weighted by atomic mass is 16.1. The molecule has 0 saturated heterocycles. The Hall–Kier alpha value is -1.51. The lowest BCUT2D eigenvalue weighted by atomic mass is 10.1. The Morgan fingerprint density at radius 1 is 1.11 bits per heavy atom. The Morgan fingerprint density at radius 3 is 2.11 bits per heavy atom. The average molecular weight is 248 g/mol. The van der Waals surface area contributed by atoms with E-state index in [0.717, 1.165) is 18.5 Å². The van der Waals surface area contributed by atoms with Crippen molar-refractivity contribution < 1.29 is 4.79 Å². The molecule has 1 amide bonds. The van der Waals surface area contributed by atoms with Gasteiger partial charge in [-0.15, -0.1) is 0 Å². The normalized spacial score (nSPS) is 10.8. The molecule has 0 atom stereocenters. The zero-order valence-corrected chi connectivity index (χ0v) is 11.8. The van der Waals surface area contributed by atoms with E-state index in [1.54, 1.807) is 0 Å². The van der Waals surface area contributed by atoms with Crippen LogP contribution in [0.3, 0.4) is 0 Å². The van der Waals surface area contributed by atoms with Gasteiger partial charge in [0.25, 0.3) is 5.91 Å². The Balaban J connectivity index is 2.65. The van der Waals surface area contributed by atoms with Crippen molar-refractivity contribution in [3.8, 4) is 0 Å². The monoisotopic (exact) mass is 248 g/mol. The van der Waals surface area contributed by atoms with Crippen LogP contribution in [0.4, 0.5) is 5.69 Å². The van der Waals surface area contributed by atoms with Gasteiger partial charge in [0, 0.05) is 23.3 Å². The van der Waals surface area contributed by atoms with Crippen LogP contribution in [-0.4, -0.2) is 18.0 Å². The highest BCUT2D eigenvalue weighted by Crippen LogP contribution is 2.13. The van der Waals surface area contributed by atoms with Gasteiger partial charge in [0.2, 0.25) is 0 Å². The number of rotatable bonds is 6. The van der Waals surface area contributed by atoms with Gasteiger partial charge in [0.05, 0.1) is 0 Å². The van der Waals surface area contributed by atoms with Crippen molar-refractivity contribution in [3.63, 3.8) is 0 Å². The molecular weight excluding hydrogens is 224 g/mol. The minimum atomic E-state index is -0.0147. The Labute approximate surface area is 110 Å². The van der Waals surface area contributed by atoms with Gasteiger partial charge in [-0.2, -0.15) is 0 Å². The molecule has 0 heterocycles. The molecule has 0 bridgehead atoms. The van der Waals surface area contributed by atoms with Crippen LogP contribution in [0.5, 0.6) is 0 Å². The maximum Gasteiger partial charge on any atom is 0.251 e. The van der Waals surface area contributed by atoms with Crippen LogP contribution in [0.15, 0.2) is 24.3 Å². The van der Waals surface area contributed by atoms with Gasteiger partial charge in [-0.25, -0.2) is 0 Å². The maximum absolute atomic E-state index is 11.8. The molecule has 0 fully saturated rings. The number of benzene rings is 1. The number of nitrogens with one attached hydrogen (secondary N) is 2. The van der Waals surface area contributed by atoms with E-state index >= 15 is 0 Å². The molecule has 0 unspecified atom stereocenters. The Kier molecular flexibility index (Phi) is 5.69. The minimum Gasteiger partial charge on any atom is -0.382 e. The number of amides is 1. The molecule has 3 heteroatoms. The van der Waals surface area contributed by atoms with Gasteiger partial charge >= 0.3 is 0 Å². The fourth-order valence-corrected chi connectivity index (χ4v) is 1.79. The van der Waals surface area contributed by atoms with Crippen LogP contribution in [0, 0.1) is 0 Å². The molecule has 18 heavy (non-hydrogen) atoms. The molecule has 0 aliphatic carbocycles. The summed E-state index contributed by atoms with van der Waals surface area (Å²) >= 11 is 0. The van der Waals surface area contributed by atoms with E-state index in [-0.39, 0.29) is 11.9 Å². The molecule has 3 nitrogen and oxygen atoms in total. The van der Waals surface area contributed by atoms with Crippen LogP contribution in [0.25, 0.3) is 0 Å². The Bertz CT molecular complexity index is 367. The molecule has 0 spiro atoms. The number of carbonyl (C=O) groups excluding carboxylic acids is 1. The summed E-state index contributed by atoms with van der Waals surface area (Å²) in [5, 5.41) is 6.34. The van der Waals surface area contributed by atoms with Crippen LogP contribution < -0.4 is 10.6 Å². The first-order chi connectivity index (χ1) is 8.56. The van der Waals surface area contributed by atoms with Crippen LogP contribution in [-0.2, 0) is 0 Å². The van der Waals surface area contributed by atoms with E-state index in [4.69, 9.17) is 0 Å². The lowest BCUT2D eigenvalue weighted by molar-refractivity contribution is 0.0943. The van der Waals surface area contributed by atoms with Crippen LogP contribution in [0.1, 0.15) is 50.9 Å². The standard InChI is InChI=1S/C15H24N2O/c1-5-13(6-2)17-14-9-7-12(8-10-14)15(18)16-11(3)4/h7-11,13,17H,5-6H2,1-4H3,(H,16,18). The molecular formula is C15H24N2O. The van der Waals surface area contributed by atoms with Crippen molar-refractivity contribution >= 4 is 11.6 Å². The quantitative estimate of drug-likeness (QED) is 0.810. The molecule has 1 rings (SSSR count). The number of hydrogen-bond donors (Lipinski definition) is 2. The lowest BCUT2D eigenvalue weighted by Gasteiger charge is -2.16. The first-order valence-corrected chi connectivity index (χ1v) is 6.74. The fourth-order valence-electron chi connectivity index (χ4n) is 1.79. The molecule has 0 saturated carbocycles. The van der Waals surface area contributed by atoms with Gasteiger partial charge in [-0.1, -0.05) is 13.8 Å². The van der Waals surface area contributed by atoms with Gasteiger partial charge in [0.15, 0.2) is 0 Å². The van der Waals surface area contributed by atoms with E-state index in [2.05, 4.69) is 24.5 Å². The largest absolute Gasteiger partial charge is 0.382 e. The van der Waals surface area contributed by atoms with E-state index in [0.29, 0.717) is 11.6 Å². The summed E-state index contributed by atoms with van der Waals surface area (Å²) in [5.74, 6) is -0.0147. The van der Waals surface area contributed by atoms with E-state index < -0.39 is 0 Å². The zero-order valence-electron chi connectivity index (χ0n) is 11.8. The third-order valence-electron chi connectivity index (χ3n) is 2.92. The number of carbonyl (C=O) groups is 1. The predicted molar refractivity (Wildman–Crippen MR) is 77.0 cm³/mol. The van der Waals surface area contributed by atoms with Crippen molar-refractivity contribution in [1.82, 2.24) is 5.32 Å². The van der Waals surface area contributed by atoms with E-state index in [1.807, 2.05) is 38.1 Å². The first kappa shape index (κ1) is 14.6. The van der Waals surface area contributed by atoms with Crippen molar-refractivity contribution in [1.29, 1.82) is 0 Å². The molecule has 0 aliphatic heterocycles. The highest BCUT2D eigenvalue weighted by molar-refractivity contribution is 5.94. The van der Waals surface area contributed by atoms with Crippen molar-refractivity contribution in [2.75, 3.05) is 5.32 Å². The lowest BCUT2D eigenvalue weighted by Crippen LogP contribution is -2.30. The summed E-state index contributed by atoms with van der Waals surface area (Å²) in [6.07, 6.45) is 2.21. The van der Waals surface area contributed by atoms with Crippen molar-refractivity contribution in [2.24, 2.45) is 0 Å². The molecule has 1 aromatic carbocycles. The number of hydrogen-bond acceptors (Lipinski definition) is 2. The molecule has 1 aromatic rings. The molecule has 2 N–H and O–H groups in total. The zero-order chi connectivity index (χ0) is 13.5. The first-order valence-electron chi connectivity index (χ1n) is 6.74. The van der Waals surface area contributed by atoms with Crippen molar-refractivity contribution in [2.45, 2.75) is 52.6 Å². The second kappa shape index (κ2) is 7.04. The summed E-state index contributed by atoms with van der Waals surface area (Å²) in [6.45, 7) is 8.26. The van der Waals surface area contributed by atoms with Gasteiger partial charge in [-0.3, -0.25) is 4.79 Å². The van der Waals surface area contributed by atoms with Gasteiger partial charge < -0.3 is 10.6 Å². The van der Waals surface area contributed by atoms with Crippen LogP contribution in [0.2, 0.25) is 0 Å². The summed E-state index contributed by atoms with van der Waals surface area (Å²) in [6, 6.07) is 8.33. The molecule has 0 radical (unpaired) electrons. The van der Waals surface area contributed by atoms with Gasteiger partial charge in [-0.05, 0) is 51.0 Å². The topological polar surface area (TPSA) is 41.1 Å². The summed E-state index contributed by atoms with van der Waals surface area (Å²) in [7, 11) is 0. The highest BCUT2D eigenvalue weighted by Gasteiger charge is 2.07. The summed E-state index contributed by atoms with van der Waals surface area (Å²) in [5.41, 5.74) is 1.78. The maximum atomic E-state index is 11.8. The SMILES string of the molecule is CCC(CC)Nc1ccc(C(=O)NC(C)C)cc1. The number of anilines is 1. The second-order valence-electron chi connectivity index (χ2n) is 4.86. The smallest absolute Gasteiger partial charge is 0.251 e. The summed E-state index contributed by atoms with van der Waals surface area (Å²) in [4.78, 5) is 11.8. The van der Waals surface area contributed by atoms with Crippen molar-refractivity contribution in [3.05, 3.63) is 29.8 Å². The predicted octanol–water partition coefficient (Wildman–Crippen LogP) is 3.43. The molecule has 0 aromatic heterocycles. The average Bonchev–Trinajstić information content (AvgIpc) is 2.35. The Morgan fingerprint density at radius 2 is 1.67 bits per heavy atom. The third-order valence-corrected chi connectivity index (χ3v) is 2.92.